The highest BCUT2D eigenvalue weighted by Crippen LogP contribution is 2.23. The highest BCUT2D eigenvalue weighted by Gasteiger charge is 2.32. The molecule has 0 unspecified atom stereocenters. The number of hydrogen-bond donors (Lipinski definition) is 3. The van der Waals surface area contributed by atoms with Gasteiger partial charge in [0.1, 0.15) is 11.9 Å². The normalized spacial score (nSPS) is 16.9. The molecule has 0 radical (unpaired) electrons. The number of fused-ring (bicyclic) bond motifs is 1. The molecule has 3 N–H and O–H groups in total. The van der Waals surface area contributed by atoms with Crippen LogP contribution in [0, 0.1) is 5.92 Å². The molecule has 1 aromatic carbocycles. The van der Waals surface area contributed by atoms with Gasteiger partial charge in [0.25, 0.3) is 15.9 Å². The molecule has 10 heteroatoms. The van der Waals surface area contributed by atoms with Crippen molar-refractivity contribution in [1.29, 1.82) is 0 Å². The molecule has 2 aromatic rings. The molecule has 3 rings (SSSR count). The standard InChI is InChI=1S/C19H22N4O5S/c1-12(2)16(19(25)21-10-9-20-18(24)14-7-5-11-28-14)22-17-13-6-3-4-8-15(13)29(26,27)23-17/h3-8,11-12,16H,9-10H2,1-2H3,(H,20,24)(H,21,25)(H,22,23)/t16-/m0/s1. The van der Waals surface area contributed by atoms with Crippen LogP contribution >= 0.6 is 0 Å². The van der Waals surface area contributed by atoms with Gasteiger partial charge in [-0.05, 0) is 30.2 Å². The Labute approximate surface area is 168 Å². The molecule has 0 aliphatic carbocycles. The van der Waals surface area contributed by atoms with Crippen LogP contribution < -0.4 is 15.4 Å². The van der Waals surface area contributed by atoms with E-state index in [0.717, 1.165) is 0 Å². The van der Waals surface area contributed by atoms with E-state index in [1.807, 2.05) is 13.8 Å². The van der Waals surface area contributed by atoms with E-state index < -0.39 is 16.1 Å². The number of hydrogen-bond acceptors (Lipinski definition) is 6. The highest BCUT2D eigenvalue weighted by atomic mass is 32.2. The van der Waals surface area contributed by atoms with Crippen LogP contribution in [0.3, 0.4) is 0 Å². The van der Waals surface area contributed by atoms with Crippen LogP contribution in [-0.4, -0.2) is 45.2 Å². The average Bonchev–Trinajstić information content (AvgIpc) is 3.30. The van der Waals surface area contributed by atoms with Gasteiger partial charge in [0, 0.05) is 18.7 Å². The number of amides is 2. The first kappa shape index (κ1) is 20.6. The summed E-state index contributed by atoms with van der Waals surface area (Å²) in [5, 5.41) is 5.35. The van der Waals surface area contributed by atoms with Crippen LogP contribution in [0.5, 0.6) is 0 Å². The lowest BCUT2D eigenvalue weighted by atomic mass is 10.0. The van der Waals surface area contributed by atoms with Gasteiger partial charge < -0.3 is 15.1 Å². The maximum Gasteiger partial charge on any atom is 0.287 e. The van der Waals surface area contributed by atoms with Gasteiger partial charge in [0.05, 0.1) is 11.2 Å². The lowest BCUT2D eigenvalue weighted by Gasteiger charge is -2.17. The third-order valence-corrected chi connectivity index (χ3v) is 5.68. The SMILES string of the molecule is CC(C)[C@H](N=C1NS(=O)(=O)c2ccccc21)C(=O)NCCNC(=O)c1ccco1. The molecule has 1 aliphatic rings. The van der Waals surface area contributed by atoms with Gasteiger partial charge >= 0.3 is 0 Å². The molecule has 0 spiro atoms. The Kier molecular flexibility index (Phi) is 6.02. The number of nitrogens with one attached hydrogen (secondary N) is 3. The number of furan rings is 1. The number of aliphatic imine (C=N–C) groups is 1. The van der Waals surface area contributed by atoms with E-state index in [9.17, 15) is 18.0 Å². The van der Waals surface area contributed by atoms with Gasteiger partial charge in [0.15, 0.2) is 5.76 Å². The van der Waals surface area contributed by atoms with Crippen molar-refractivity contribution in [1.82, 2.24) is 15.4 Å². The molecule has 0 saturated carbocycles. The lowest BCUT2D eigenvalue weighted by molar-refractivity contribution is -0.123. The van der Waals surface area contributed by atoms with E-state index in [1.165, 1.54) is 12.3 Å². The van der Waals surface area contributed by atoms with E-state index in [1.54, 1.807) is 30.3 Å². The first-order chi connectivity index (χ1) is 13.8. The molecule has 0 bridgehead atoms. The zero-order valence-electron chi connectivity index (χ0n) is 16.0. The second kappa shape index (κ2) is 8.48. The van der Waals surface area contributed by atoms with Crippen molar-refractivity contribution in [2.24, 2.45) is 10.9 Å². The van der Waals surface area contributed by atoms with Crippen molar-refractivity contribution in [2.75, 3.05) is 13.1 Å². The Morgan fingerprint density at radius 1 is 1.10 bits per heavy atom. The van der Waals surface area contributed by atoms with Crippen LogP contribution in [0.4, 0.5) is 0 Å². The molecule has 1 aromatic heterocycles. The summed E-state index contributed by atoms with van der Waals surface area (Å²) in [4.78, 5) is 28.9. The largest absolute Gasteiger partial charge is 0.459 e. The van der Waals surface area contributed by atoms with Gasteiger partial charge in [-0.1, -0.05) is 26.0 Å². The molecule has 0 saturated heterocycles. The molecular formula is C19H22N4O5S. The zero-order chi connectivity index (χ0) is 21.0. The Morgan fingerprint density at radius 2 is 1.83 bits per heavy atom. The van der Waals surface area contributed by atoms with Crippen LogP contribution in [0.1, 0.15) is 30.0 Å². The van der Waals surface area contributed by atoms with E-state index in [4.69, 9.17) is 4.42 Å². The number of benzene rings is 1. The molecular weight excluding hydrogens is 396 g/mol. The smallest absolute Gasteiger partial charge is 0.287 e. The molecule has 1 aliphatic heterocycles. The summed E-state index contributed by atoms with van der Waals surface area (Å²) >= 11 is 0. The topological polar surface area (TPSA) is 130 Å². The summed E-state index contributed by atoms with van der Waals surface area (Å²) in [6.07, 6.45) is 1.40. The Morgan fingerprint density at radius 3 is 2.52 bits per heavy atom. The van der Waals surface area contributed by atoms with Crippen molar-refractivity contribution in [3.63, 3.8) is 0 Å². The average molecular weight is 418 g/mol. The first-order valence-corrected chi connectivity index (χ1v) is 10.6. The number of nitrogens with zero attached hydrogens (tertiary/aromatic N) is 1. The summed E-state index contributed by atoms with van der Waals surface area (Å²) in [7, 11) is -3.67. The van der Waals surface area contributed by atoms with Crippen molar-refractivity contribution >= 4 is 27.7 Å². The predicted octanol–water partition coefficient (Wildman–Crippen LogP) is 0.889. The second-order valence-electron chi connectivity index (χ2n) is 6.79. The molecule has 2 amide bonds. The second-order valence-corrected chi connectivity index (χ2v) is 8.44. The van der Waals surface area contributed by atoms with Gasteiger partial charge in [-0.2, -0.15) is 0 Å². The Hall–Kier alpha value is -3.14. The monoisotopic (exact) mass is 418 g/mol. The predicted molar refractivity (Wildman–Crippen MR) is 106 cm³/mol. The molecule has 2 heterocycles. The number of sulfonamides is 1. The number of carbonyl (C=O) groups excluding carboxylic acids is 2. The minimum absolute atomic E-state index is 0.141. The molecule has 154 valence electrons. The maximum absolute atomic E-state index is 12.6. The van der Waals surface area contributed by atoms with Crippen LogP contribution in [0.15, 0.2) is 57.0 Å². The van der Waals surface area contributed by atoms with Gasteiger partial charge in [-0.3, -0.25) is 19.3 Å². The van der Waals surface area contributed by atoms with Crippen LogP contribution in [0.2, 0.25) is 0 Å². The lowest BCUT2D eigenvalue weighted by Crippen LogP contribution is -2.42. The van der Waals surface area contributed by atoms with Gasteiger partial charge in [-0.25, -0.2) is 8.42 Å². The van der Waals surface area contributed by atoms with Crippen LogP contribution in [0.25, 0.3) is 0 Å². The summed E-state index contributed by atoms with van der Waals surface area (Å²) in [5.41, 5.74) is 0.441. The molecule has 29 heavy (non-hydrogen) atoms. The minimum atomic E-state index is -3.67. The summed E-state index contributed by atoms with van der Waals surface area (Å²) < 4.78 is 31.8. The quantitative estimate of drug-likeness (QED) is 0.575. The Bertz CT molecular complexity index is 1030. The third kappa shape index (κ3) is 4.65. The maximum atomic E-state index is 12.6. The third-order valence-electron chi connectivity index (χ3n) is 4.29. The summed E-state index contributed by atoms with van der Waals surface area (Å²) in [6, 6.07) is 8.84. The van der Waals surface area contributed by atoms with Crippen molar-refractivity contribution in [3.05, 3.63) is 54.0 Å². The van der Waals surface area contributed by atoms with Gasteiger partial charge in [0.2, 0.25) is 5.91 Å². The number of rotatable bonds is 7. The van der Waals surface area contributed by atoms with E-state index in [2.05, 4.69) is 20.3 Å². The first-order valence-electron chi connectivity index (χ1n) is 9.09. The van der Waals surface area contributed by atoms with E-state index in [-0.39, 0.29) is 47.3 Å². The highest BCUT2D eigenvalue weighted by molar-refractivity contribution is 7.90. The number of carbonyl (C=O) groups is 2. The van der Waals surface area contributed by atoms with Crippen LogP contribution in [-0.2, 0) is 14.8 Å². The fraction of sp³-hybridized carbons (Fsp3) is 0.316. The van der Waals surface area contributed by atoms with E-state index >= 15 is 0 Å². The summed E-state index contributed by atoms with van der Waals surface area (Å²) in [5.74, 6) is -0.557. The molecule has 0 fully saturated rings. The van der Waals surface area contributed by atoms with E-state index in [0.29, 0.717) is 5.56 Å². The van der Waals surface area contributed by atoms with Gasteiger partial charge in [-0.15, -0.1) is 0 Å². The van der Waals surface area contributed by atoms with Crippen molar-refractivity contribution in [2.45, 2.75) is 24.8 Å². The fourth-order valence-electron chi connectivity index (χ4n) is 2.84. The van der Waals surface area contributed by atoms with Crippen molar-refractivity contribution < 1.29 is 22.4 Å². The van der Waals surface area contributed by atoms with Crippen molar-refractivity contribution in [3.8, 4) is 0 Å². The molecule has 1 atom stereocenters. The molecule has 9 nitrogen and oxygen atoms in total. The Balaban J connectivity index is 1.63. The minimum Gasteiger partial charge on any atom is -0.459 e. The number of amidine groups is 1. The fourth-order valence-corrected chi connectivity index (χ4v) is 4.08. The summed E-state index contributed by atoms with van der Waals surface area (Å²) in [6.45, 7) is 4.05. The zero-order valence-corrected chi connectivity index (χ0v) is 16.8.